The number of methoxy groups -OCH3 is 1. The number of piperidine rings is 1. The Hall–Kier alpha value is -3.29. The third-order valence-electron chi connectivity index (χ3n) is 5.82. The second kappa shape index (κ2) is 10.3. The second-order valence-corrected chi connectivity index (χ2v) is 8.00. The maximum absolute atomic E-state index is 13.1. The van der Waals surface area contributed by atoms with Crippen molar-refractivity contribution in [3.8, 4) is 5.75 Å². The fraction of sp³-hybridized carbons (Fsp3) is 0.458. The summed E-state index contributed by atoms with van der Waals surface area (Å²) in [7, 11) is 1.32. The van der Waals surface area contributed by atoms with E-state index in [2.05, 4.69) is 10.3 Å². The molecular formula is C24H31N3O5. The lowest BCUT2D eigenvalue weighted by Gasteiger charge is -2.32. The molecule has 0 unspecified atom stereocenters. The zero-order valence-corrected chi connectivity index (χ0v) is 19.1. The van der Waals surface area contributed by atoms with Gasteiger partial charge in [-0.3, -0.25) is 9.59 Å². The highest BCUT2D eigenvalue weighted by Gasteiger charge is 2.31. The van der Waals surface area contributed by atoms with Gasteiger partial charge in [0.25, 0.3) is 5.91 Å². The smallest absolute Gasteiger partial charge is 0.339 e. The van der Waals surface area contributed by atoms with Crippen molar-refractivity contribution < 1.29 is 23.9 Å². The van der Waals surface area contributed by atoms with Crippen LogP contribution in [0.25, 0.3) is 0 Å². The van der Waals surface area contributed by atoms with Gasteiger partial charge in [-0.05, 0) is 56.9 Å². The number of amides is 2. The number of esters is 1. The first kappa shape index (κ1) is 23.4. The lowest BCUT2D eigenvalue weighted by Crippen LogP contribution is -2.45. The Morgan fingerprint density at radius 1 is 1.19 bits per heavy atom. The Morgan fingerprint density at radius 3 is 2.56 bits per heavy atom. The second-order valence-electron chi connectivity index (χ2n) is 8.00. The highest BCUT2D eigenvalue weighted by molar-refractivity contribution is 6.00. The van der Waals surface area contributed by atoms with Gasteiger partial charge in [0, 0.05) is 25.3 Å². The van der Waals surface area contributed by atoms with Crippen molar-refractivity contribution in [3.63, 3.8) is 0 Å². The van der Waals surface area contributed by atoms with Crippen molar-refractivity contribution in [1.82, 2.24) is 15.2 Å². The first-order chi connectivity index (χ1) is 15.3. The average Bonchev–Trinajstić information content (AvgIpc) is 3.11. The van der Waals surface area contributed by atoms with Gasteiger partial charge >= 0.3 is 5.97 Å². The van der Waals surface area contributed by atoms with E-state index in [0.717, 1.165) is 24.2 Å². The summed E-state index contributed by atoms with van der Waals surface area (Å²) in [4.78, 5) is 42.6. The molecule has 0 spiro atoms. The highest BCUT2D eigenvalue weighted by atomic mass is 16.5. The average molecular weight is 442 g/mol. The van der Waals surface area contributed by atoms with E-state index >= 15 is 0 Å². The third kappa shape index (κ3) is 5.12. The molecule has 1 saturated heterocycles. The number of hydrogen-bond donors (Lipinski definition) is 2. The summed E-state index contributed by atoms with van der Waals surface area (Å²) < 4.78 is 10.3. The van der Waals surface area contributed by atoms with Crippen LogP contribution in [0, 0.1) is 19.8 Å². The van der Waals surface area contributed by atoms with E-state index in [4.69, 9.17) is 9.47 Å². The molecule has 8 nitrogen and oxygen atoms in total. The van der Waals surface area contributed by atoms with Gasteiger partial charge in [-0.2, -0.15) is 0 Å². The molecule has 0 bridgehead atoms. The molecule has 32 heavy (non-hydrogen) atoms. The number of carbonyl (C=O) groups is 3. The quantitative estimate of drug-likeness (QED) is 0.644. The van der Waals surface area contributed by atoms with Crippen molar-refractivity contribution in [2.45, 2.75) is 40.2 Å². The van der Waals surface area contributed by atoms with Crippen molar-refractivity contribution in [2.75, 3.05) is 26.8 Å². The van der Waals surface area contributed by atoms with Crippen LogP contribution in [0.4, 0.5) is 0 Å². The van der Waals surface area contributed by atoms with Gasteiger partial charge in [0.2, 0.25) is 5.91 Å². The van der Waals surface area contributed by atoms with Crippen molar-refractivity contribution in [1.29, 1.82) is 0 Å². The first-order valence-corrected chi connectivity index (χ1v) is 10.9. The Balaban J connectivity index is 1.61. The van der Waals surface area contributed by atoms with Crippen LogP contribution in [0.2, 0.25) is 0 Å². The number of H-pyrrole nitrogens is 1. The molecule has 2 aromatic rings. The normalized spacial score (nSPS) is 15.9. The first-order valence-electron chi connectivity index (χ1n) is 10.9. The molecule has 1 aromatic heterocycles. The molecule has 2 N–H and O–H groups in total. The summed E-state index contributed by atoms with van der Waals surface area (Å²) in [6.07, 6.45) is 1.48. The maximum atomic E-state index is 13.1. The molecular weight excluding hydrogens is 410 g/mol. The SMILES string of the molecule is CCOc1ccc(CNC(=O)[C@@H]2CCCN(C(=O)c3[nH]c(C)c(C(=O)OC)c3C)C2)cc1. The van der Waals surface area contributed by atoms with Crippen LogP contribution >= 0.6 is 0 Å². The summed E-state index contributed by atoms with van der Waals surface area (Å²) in [5.41, 5.74) is 2.91. The number of nitrogens with zero attached hydrogens (tertiary/aromatic N) is 1. The summed E-state index contributed by atoms with van der Waals surface area (Å²) in [5, 5.41) is 2.98. The lowest BCUT2D eigenvalue weighted by molar-refractivity contribution is -0.126. The summed E-state index contributed by atoms with van der Waals surface area (Å²) >= 11 is 0. The number of aryl methyl sites for hydroxylation is 1. The molecule has 1 fully saturated rings. The number of aromatic nitrogens is 1. The number of likely N-dealkylation sites (tertiary alicyclic amines) is 1. The molecule has 0 aliphatic carbocycles. The van der Waals surface area contributed by atoms with Crippen LogP contribution in [0.1, 0.15) is 57.4 Å². The van der Waals surface area contributed by atoms with Gasteiger partial charge < -0.3 is 24.7 Å². The van der Waals surface area contributed by atoms with Gasteiger partial charge in [-0.25, -0.2) is 4.79 Å². The summed E-state index contributed by atoms with van der Waals surface area (Å²) in [5.74, 6) is -0.211. The standard InChI is InChI=1S/C24H31N3O5/c1-5-32-19-10-8-17(9-11-19)13-25-22(28)18-7-6-12-27(14-18)23(29)21-15(2)20(16(3)26-21)24(30)31-4/h8-11,18,26H,5-7,12-14H2,1-4H3,(H,25,28)/t18-/m1/s1. The molecule has 3 rings (SSSR count). The Bertz CT molecular complexity index is 980. The Morgan fingerprint density at radius 2 is 1.91 bits per heavy atom. The van der Waals surface area contributed by atoms with E-state index in [1.165, 1.54) is 7.11 Å². The van der Waals surface area contributed by atoms with Crippen molar-refractivity contribution in [2.24, 2.45) is 5.92 Å². The van der Waals surface area contributed by atoms with Gasteiger partial charge in [0.15, 0.2) is 0 Å². The van der Waals surface area contributed by atoms with Crippen molar-refractivity contribution >= 4 is 17.8 Å². The van der Waals surface area contributed by atoms with Crippen LogP contribution in [-0.4, -0.2) is 54.5 Å². The van der Waals surface area contributed by atoms with Gasteiger partial charge in [0.1, 0.15) is 11.4 Å². The van der Waals surface area contributed by atoms with Gasteiger partial charge in [0.05, 0.1) is 25.2 Å². The number of nitrogens with one attached hydrogen (secondary N) is 2. The van der Waals surface area contributed by atoms with E-state index < -0.39 is 5.97 Å². The minimum atomic E-state index is -0.472. The number of ether oxygens (including phenoxy) is 2. The molecule has 1 aliphatic rings. The van der Waals surface area contributed by atoms with E-state index in [1.807, 2.05) is 31.2 Å². The molecule has 2 amide bonds. The topological polar surface area (TPSA) is 101 Å². The number of benzene rings is 1. The Kier molecular flexibility index (Phi) is 7.56. The van der Waals surface area contributed by atoms with Gasteiger partial charge in [-0.1, -0.05) is 12.1 Å². The maximum Gasteiger partial charge on any atom is 0.339 e. The Labute approximate surface area is 188 Å². The van der Waals surface area contributed by atoms with Crippen molar-refractivity contribution in [3.05, 3.63) is 52.3 Å². The van der Waals surface area contributed by atoms with Crippen LogP contribution in [-0.2, 0) is 16.1 Å². The monoisotopic (exact) mass is 441 g/mol. The molecule has 1 aliphatic heterocycles. The highest BCUT2D eigenvalue weighted by Crippen LogP contribution is 2.24. The fourth-order valence-electron chi connectivity index (χ4n) is 4.11. The third-order valence-corrected chi connectivity index (χ3v) is 5.82. The van der Waals surface area contributed by atoms with Crippen LogP contribution in [0.3, 0.4) is 0 Å². The van der Waals surface area contributed by atoms with E-state index in [1.54, 1.807) is 18.7 Å². The van der Waals surface area contributed by atoms with E-state index in [0.29, 0.717) is 48.8 Å². The summed E-state index contributed by atoms with van der Waals surface area (Å²) in [6.45, 7) is 7.36. The predicted octanol–water partition coefficient (Wildman–Crippen LogP) is 2.99. The molecule has 8 heteroatoms. The molecule has 172 valence electrons. The number of aromatic amines is 1. The zero-order chi connectivity index (χ0) is 23.3. The molecule has 2 heterocycles. The van der Waals surface area contributed by atoms with Crippen LogP contribution in [0.15, 0.2) is 24.3 Å². The van der Waals surface area contributed by atoms with Crippen LogP contribution in [0.5, 0.6) is 5.75 Å². The minimum Gasteiger partial charge on any atom is -0.494 e. The van der Waals surface area contributed by atoms with Gasteiger partial charge in [-0.15, -0.1) is 0 Å². The molecule has 1 atom stereocenters. The predicted molar refractivity (Wildman–Crippen MR) is 120 cm³/mol. The largest absolute Gasteiger partial charge is 0.494 e. The van der Waals surface area contributed by atoms with E-state index in [-0.39, 0.29) is 17.7 Å². The number of hydrogen-bond acceptors (Lipinski definition) is 5. The number of rotatable bonds is 7. The summed E-state index contributed by atoms with van der Waals surface area (Å²) in [6, 6.07) is 7.62. The number of carbonyl (C=O) groups excluding carboxylic acids is 3. The fourth-order valence-corrected chi connectivity index (χ4v) is 4.11. The van der Waals surface area contributed by atoms with E-state index in [9.17, 15) is 14.4 Å². The van der Waals surface area contributed by atoms with Crippen LogP contribution < -0.4 is 10.1 Å². The molecule has 0 saturated carbocycles. The molecule has 1 aromatic carbocycles. The molecule has 0 radical (unpaired) electrons. The lowest BCUT2D eigenvalue weighted by atomic mass is 9.96. The minimum absolute atomic E-state index is 0.0639. The zero-order valence-electron chi connectivity index (χ0n) is 19.1.